The fourth-order valence-corrected chi connectivity index (χ4v) is 4.67. The molecule has 0 unspecified atom stereocenters. The van der Waals surface area contributed by atoms with Gasteiger partial charge in [-0.1, -0.05) is 30.0 Å². The fourth-order valence-electron chi connectivity index (χ4n) is 2.89. The second kappa shape index (κ2) is 9.27. The second-order valence-corrected chi connectivity index (χ2v) is 8.09. The first-order valence-electron chi connectivity index (χ1n) is 8.62. The predicted octanol–water partition coefficient (Wildman–Crippen LogP) is 4.47. The van der Waals surface area contributed by atoms with Gasteiger partial charge in [-0.2, -0.15) is 0 Å². The maximum absolute atomic E-state index is 11.4. The average Bonchev–Trinajstić information content (AvgIpc) is 3.07. The van der Waals surface area contributed by atoms with Crippen LogP contribution in [-0.4, -0.2) is 40.5 Å². The Balaban J connectivity index is 2.03. The summed E-state index contributed by atoms with van der Waals surface area (Å²) >= 11 is 4.74. The molecule has 0 spiro atoms. The van der Waals surface area contributed by atoms with Crippen LogP contribution in [0.1, 0.15) is 16.6 Å². The van der Waals surface area contributed by atoms with Crippen LogP contribution in [0.3, 0.4) is 0 Å². The number of hydrogen-bond donors (Lipinski definition) is 0. The molecule has 3 rings (SSSR count). The van der Waals surface area contributed by atoms with Crippen molar-refractivity contribution in [1.29, 1.82) is 0 Å². The molecule has 0 N–H and O–H groups in total. The van der Waals surface area contributed by atoms with E-state index in [0.717, 1.165) is 11.3 Å². The van der Waals surface area contributed by atoms with Crippen LogP contribution in [0.2, 0.25) is 0 Å². The lowest BCUT2D eigenvalue weighted by Crippen LogP contribution is -2.11. The Morgan fingerprint density at radius 3 is 2.55 bits per heavy atom. The number of nitrogens with zero attached hydrogens (tertiary/aromatic N) is 4. The van der Waals surface area contributed by atoms with Gasteiger partial charge < -0.3 is 9.47 Å². The molecule has 1 aromatic heterocycles. The molecular formula is C19H19BrN4O4S. The van der Waals surface area contributed by atoms with Crippen molar-refractivity contribution in [3.8, 4) is 17.2 Å². The van der Waals surface area contributed by atoms with E-state index < -0.39 is 5.25 Å². The van der Waals surface area contributed by atoms with Gasteiger partial charge in [-0.15, -0.1) is 10.2 Å². The monoisotopic (exact) mass is 478 g/mol. The number of nitro groups is 1. The Hall–Kier alpha value is -2.59. The van der Waals surface area contributed by atoms with E-state index in [-0.39, 0.29) is 11.5 Å². The van der Waals surface area contributed by atoms with Gasteiger partial charge in [0.1, 0.15) is 11.1 Å². The van der Waals surface area contributed by atoms with Crippen molar-refractivity contribution >= 4 is 27.7 Å². The van der Waals surface area contributed by atoms with Gasteiger partial charge in [0, 0.05) is 10.6 Å². The largest absolute Gasteiger partial charge is 0.493 e. The van der Waals surface area contributed by atoms with Crippen LogP contribution in [0.25, 0.3) is 5.69 Å². The molecule has 0 aliphatic heterocycles. The third-order valence-electron chi connectivity index (χ3n) is 4.20. The summed E-state index contributed by atoms with van der Waals surface area (Å²) in [5.41, 5.74) is 1.61. The Morgan fingerprint density at radius 2 is 1.93 bits per heavy atom. The van der Waals surface area contributed by atoms with Gasteiger partial charge in [0.2, 0.25) is 6.54 Å². The fraction of sp³-hybridized carbons (Fsp3) is 0.263. The van der Waals surface area contributed by atoms with Gasteiger partial charge >= 0.3 is 0 Å². The molecule has 2 aromatic carbocycles. The zero-order chi connectivity index (χ0) is 21.0. The minimum atomic E-state index is -0.507. The van der Waals surface area contributed by atoms with Crippen LogP contribution < -0.4 is 9.47 Å². The van der Waals surface area contributed by atoms with E-state index in [1.807, 2.05) is 41.8 Å². The highest BCUT2D eigenvalue weighted by molar-refractivity contribution is 9.10. The number of para-hydroxylation sites is 1. The van der Waals surface area contributed by atoms with Gasteiger partial charge in [0.05, 0.1) is 18.7 Å². The molecular weight excluding hydrogens is 460 g/mol. The minimum absolute atomic E-state index is 0.284. The molecule has 0 bridgehead atoms. The van der Waals surface area contributed by atoms with Crippen molar-refractivity contribution in [3.05, 3.63) is 68.4 Å². The van der Waals surface area contributed by atoms with Gasteiger partial charge in [-0.05, 0) is 52.7 Å². The summed E-state index contributed by atoms with van der Waals surface area (Å²) < 4.78 is 13.3. The van der Waals surface area contributed by atoms with Crippen LogP contribution in [0, 0.1) is 17.0 Å². The maximum atomic E-state index is 11.4. The predicted molar refractivity (Wildman–Crippen MR) is 114 cm³/mol. The van der Waals surface area contributed by atoms with E-state index in [1.54, 1.807) is 12.1 Å². The molecule has 10 heteroatoms. The molecule has 8 nitrogen and oxygen atoms in total. The van der Waals surface area contributed by atoms with Crippen LogP contribution in [-0.2, 0) is 0 Å². The van der Waals surface area contributed by atoms with E-state index >= 15 is 0 Å². The first kappa shape index (κ1) is 21.1. The second-order valence-electron chi connectivity index (χ2n) is 6.06. The van der Waals surface area contributed by atoms with Crippen molar-refractivity contribution in [1.82, 2.24) is 14.8 Å². The third-order valence-corrected chi connectivity index (χ3v) is 5.97. The number of halogens is 1. The molecule has 0 saturated carbocycles. The van der Waals surface area contributed by atoms with E-state index in [1.165, 1.54) is 26.0 Å². The van der Waals surface area contributed by atoms with Gasteiger partial charge in [0.25, 0.3) is 0 Å². The summed E-state index contributed by atoms with van der Waals surface area (Å²) in [5.74, 6) is 1.72. The first-order chi connectivity index (χ1) is 13.9. The van der Waals surface area contributed by atoms with Crippen molar-refractivity contribution in [2.45, 2.75) is 17.3 Å². The molecule has 3 aromatic rings. The molecule has 1 heterocycles. The Bertz CT molecular complexity index is 1010. The lowest BCUT2D eigenvalue weighted by atomic mass is 10.1. The van der Waals surface area contributed by atoms with Crippen LogP contribution in [0.4, 0.5) is 0 Å². The summed E-state index contributed by atoms with van der Waals surface area (Å²) in [6.45, 7) is 1.56. The molecule has 152 valence electrons. The molecule has 0 fully saturated rings. The Morgan fingerprint density at radius 1 is 1.21 bits per heavy atom. The molecule has 1 atom stereocenters. The third kappa shape index (κ3) is 4.70. The zero-order valence-electron chi connectivity index (χ0n) is 16.0. The highest BCUT2D eigenvalue weighted by Gasteiger charge is 2.26. The molecule has 0 aliphatic carbocycles. The highest BCUT2D eigenvalue weighted by Crippen LogP contribution is 2.42. The van der Waals surface area contributed by atoms with Crippen LogP contribution in [0.15, 0.2) is 52.1 Å². The van der Waals surface area contributed by atoms with E-state index in [9.17, 15) is 10.1 Å². The number of hydrogen-bond acceptors (Lipinski definition) is 7. The number of methoxy groups -OCH3 is 2. The lowest BCUT2D eigenvalue weighted by Gasteiger charge is -2.17. The van der Waals surface area contributed by atoms with Crippen LogP contribution in [0.5, 0.6) is 11.5 Å². The summed E-state index contributed by atoms with van der Waals surface area (Å²) in [4.78, 5) is 11.0. The molecule has 0 saturated heterocycles. The summed E-state index contributed by atoms with van der Waals surface area (Å²) in [6, 6.07) is 13.2. The smallest absolute Gasteiger partial charge is 0.220 e. The summed E-state index contributed by atoms with van der Waals surface area (Å²) in [6.07, 6.45) is 0. The average molecular weight is 479 g/mol. The first-order valence-corrected chi connectivity index (χ1v) is 10.3. The molecule has 0 aliphatic rings. The standard InChI is InChI=1S/C19H19BrN4O4S/c1-12-21-22-19(24(12)14-7-5-4-6-8-14)29-17(11-23(25)26)13-9-15(20)18(28-3)16(10-13)27-2/h4-10,17H,11H2,1-3H3/t17-/m1/s1. The Kier molecular flexibility index (Phi) is 6.75. The van der Waals surface area contributed by atoms with Crippen molar-refractivity contribution in [2.24, 2.45) is 0 Å². The van der Waals surface area contributed by atoms with Gasteiger partial charge in [-0.25, -0.2) is 0 Å². The topological polar surface area (TPSA) is 92.3 Å². The number of aryl methyl sites for hydroxylation is 1. The lowest BCUT2D eigenvalue weighted by molar-refractivity contribution is -0.479. The van der Waals surface area contributed by atoms with Crippen molar-refractivity contribution in [3.63, 3.8) is 0 Å². The van der Waals surface area contributed by atoms with Gasteiger partial charge in [-0.3, -0.25) is 14.7 Å². The van der Waals surface area contributed by atoms with E-state index in [2.05, 4.69) is 26.1 Å². The summed E-state index contributed by atoms with van der Waals surface area (Å²) in [5, 5.41) is 19.9. The molecule has 0 radical (unpaired) electrons. The van der Waals surface area contributed by atoms with Crippen LogP contribution >= 0.6 is 27.7 Å². The minimum Gasteiger partial charge on any atom is -0.493 e. The van der Waals surface area contributed by atoms with Crippen molar-refractivity contribution < 1.29 is 14.4 Å². The number of ether oxygens (including phenoxy) is 2. The number of rotatable bonds is 8. The highest BCUT2D eigenvalue weighted by atomic mass is 79.9. The quantitative estimate of drug-likeness (QED) is 0.268. The van der Waals surface area contributed by atoms with Crippen molar-refractivity contribution in [2.75, 3.05) is 20.8 Å². The maximum Gasteiger partial charge on any atom is 0.220 e. The van der Waals surface area contributed by atoms with E-state index in [0.29, 0.717) is 27.0 Å². The van der Waals surface area contributed by atoms with E-state index in [4.69, 9.17) is 9.47 Å². The number of thioether (sulfide) groups is 1. The zero-order valence-corrected chi connectivity index (χ0v) is 18.4. The summed E-state index contributed by atoms with van der Waals surface area (Å²) in [7, 11) is 3.07. The number of benzene rings is 2. The normalized spacial score (nSPS) is 11.9. The molecule has 29 heavy (non-hydrogen) atoms. The molecule has 0 amide bonds. The number of aromatic nitrogens is 3. The Labute approximate surface area is 180 Å². The SMILES string of the molecule is COc1cc([C@@H](C[N+](=O)[O-])Sc2nnc(C)n2-c2ccccc2)cc(Br)c1OC. The van der Waals surface area contributed by atoms with Gasteiger partial charge in [0.15, 0.2) is 16.7 Å².